The molecule has 0 radical (unpaired) electrons. The summed E-state index contributed by atoms with van der Waals surface area (Å²) in [4.78, 5) is 27.8. The molecule has 3 nitrogen and oxygen atoms in total. The predicted octanol–water partition coefficient (Wildman–Crippen LogP) is 7.06. The SMILES string of the molecule is Cc1cc(C)c(C(=O)P(=O)(C(=O)c2c(C)cc(C)cc2C)C2=IC=CC=C2)c(C)c1. The van der Waals surface area contributed by atoms with Gasteiger partial charge in [0.05, 0.1) is 3.25 Å². The molecule has 0 aliphatic carbocycles. The van der Waals surface area contributed by atoms with Gasteiger partial charge in [0.25, 0.3) is 7.14 Å². The zero-order valence-corrected chi connectivity index (χ0v) is 21.2. The van der Waals surface area contributed by atoms with Crippen molar-refractivity contribution in [2.45, 2.75) is 41.5 Å². The Balaban J connectivity index is 2.29. The molecular weight excluding hydrogens is 506 g/mol. The Morgan fingerprint density at radius 3 is 1.43 bits per heavy atom. The smallest absolute Gasteiger partial charge is 0.254 e. The van der Waals surface area contributed by atoms with Gasteiger partial charge in [-0.3, -0.25) is 9.59 Å². The molecule has 30 heavy (non-hydrogen) atoms. The van der Waals surface area contributed by atoms with E-state index in [-0.39, 0.29) is 0 Å². The van der Waals surface area contributed by atoms with Gasteiger partial charge in [0.15, 0.2) is 0 Å². The zero-order valence-electron chi connectivity index (χ0n) is 18.2. The van der Waals surface area contributed by atoms with E-state index in [2.05, 4.69) is 0 Å². The van der Waals surface area contributed by atoms with Crippen molar-refractivity contribution in [3.63, 3.8) is 0 Å². The second kappa shape index (κ2) is 8.68. The van der Waals surface area contributed by atoms with Crippen LogP contribution in [-0.4, -0.2) is 14.3 Å². The van der Waals surface area contributed by atoms with Gasteiger partial charge in [-0.2, -0.15) is 0 Å². The highest BCUT2D eigenvalue weighted by Gasteiger charge is 2.45. The van der Waals surface area contributed by atoms with Crippen LogP contribution in [0.2, 0.25) is 0 Å². The van der Waals surface area contributed by atoms with Crippen LogP contribution in [0.5, 0.6) is 0 Å². The number of allylic oxidation sites excluding steroid dienone is 3. The van der Waals surface area contributed by atoms with Crippen LogP contribution in [-0.2, 0) is 4.57 Å². The first-order chi connectivity index (χ1) is 14.1. The lowest BCUT2D eigenvalue weighted by Gasteiger charge is -2.22. The van der Waals surface area contributed by atoms with Gasteiger partial charge in [0.1, 0.15) is 0 Å². The third kappa shape index (κ3) is 4.00. The molecule has 2 aromatic rings. The Morgan fingerprint density at radius 2 is 1.10 bits per heavy atom. The van der Waals surface area contributed by atoms with Crippen LogP contribution in [0.15, 0.2) is 46.6 Å². The van der Waals surface area contributed by atoms with Crippen LogP contribution in [0.3, 0.4) is 0 Å². The van der Waals surface area contributed by atoms with Crippen LogP contribution < -0.4 is 0 Å². The van der Waals surface area contributed by atoms with Crippen LogP contribution in [0.1, 0.15) is 54.1 Å². The number of aryl methyl sites for hydroxylation is 6. The lowest BCUT2D eigenvalue weighted by atomic mass is 10.0. The van der Waals surface area contributed by atoms with Gasteiger partial charge in [-0.1, -0.05) is 68.3 Å². The Labute approximate surface area is 188 Å². The fourth-order valence-corrected chi connectivity index (χ4v) is 10.6. The summed E-state index contributed by atoms with van der Waals surface area (Å²) in [6.45, 7) is 11.3. The molecule has 5 heteroatoms. The fourth-order valence-electron chi connectivity index (χ4n) is 4.12. The molecule has 0 spiro atoms. The van der Waals surface area contributed by atoms with Gasteiger partial charge >= 0.3 is 0 Å². The Hall–Kier alpha value is -1.91. The number of carbonyl (C=O) groups excluding carboxylic acids is 2. The molecule has 1 heterocycles. The molecule has 0 aromatic heterocycles. The first kappa shape index (κ1) is 22.8. The highest BCUT2D eigenvalue weighted by molar-refractivity contribution is 14.2. The summed E-state index contributed by atoms with van der Waals surface area (Å²) < 4.78 is 17.0. The Bertz CT molecular complexity index is 1100. The Kier molecular flexibility index (Phi) is 6.59. The molecule has 1 aliphatic heterocycles. The molecule has 0 amide bonds. The number of halogens is 1. The van der Waals surface area contributed by atoms with Crippen molar-refractivity contribution in [2.24, 2.45) is 0 Å². The minimum atomic E-state index is -4.01. The van der Waals surface area contributed by atoms with E-state index in [1.54, 1.807) is 12.2 Å². The van der Waals surface area contributed by atoms with E-state index in [9.17, 15) is 14.2 Å². The lowest BCUT2D eigenvalue weighted by molar-refractivity contribution is 0.104. The monoisotopic (exact) mass is 532 g/mol. The molecule has 0 bridgehead atoms. The van der Waals surface area contributed by atoms with Crippen LogP contribution in [0.4, 0.5) is 0 Å². The maximum absolute atomic E-state index is 14.6. The van der Waals surface area contributed by atoms with E-state index in [0.29, 0.717) is 14.4 Å². The molecule has 1 aliphatic rings. The van der Waals surface area contributed by atoms with E-state index < -0.39 is 38.9 Å². The maximum atomic E-state index is 14.6. The topological polar surface area (TPSA) is 51.2 Å². The molecule has 0 saturated carbocycles. The van der Waals surface area contributed by atoms with Gasteiger partial charge in [-0.25, -0.2) is 0 Å². The van der Waals surface area contributed by atoms with Crippen molar-refractivity contribution < 1.29 is 14.2 Å². The normalized spacial score (nSPS) is 13.6. The van der Waals surface area contributed by atoms with E-state index in [4.69, 9.17) is 0 Å². The Morgan fingerprint density at radius 1 is 0.700 bits per heavy atom. The number of carbonyl (C=O) groups is 2. The quantitative estimate of drug-likeness (QED) is 0.306. The molecule has 0 fully saturated rings. The number of hydrogen-bond acceptors (Lipinski definition) is 3. The molecule has 0 atom stereocenters. The standard InChI is InChI=1S/C25H26IO3P/c1-15-11-17(3)22(18(4)12-15)24(27)30(29,21-9-7-8-10-26-21)25(28)23-19(5)13-16(2)14-20(23)6/h7-14H,1-6H3. The molecule has 2 aromatic carbocycles. The molecule has 0 saturated heterocycles. The zero-order chi connectivity index (χ0) is 22.2. The maximum Gasteiger partial charge on any atom is 0.254 e. The summed E-state index contributed by atoms with van der Waals surface area (Å²) in [7, 11) is -4.01. The first-order valence-electron chi connectivity index (χ1n) is 9.77. The fraction of sp³-hybridized carbons (Fsp3) is 0.240. The van der Waals surface area contributed by atoms with Crippen LogP contribution in [0.25, 0.3) is 0 Å². The lowest BCUT2D eigenvalue weighted by Crippen LogP contribution is -2.19. The van der Waals surface area contributed by atoms with Gasteiger partial charge in [-0.05, 0) is 74.0 Å². The minimum absolute atomic E-state index is 0.416. The van der Waals surface area contributed by atoms with Gasteiger partial charge in [0.2, 0.25) is 11.0 Å². The highest BCUT2D eigenvalue weighted by atomic mass is 127. The van der Waals surface area contributed by atoms with Crippen molar-refractivity contribution in [2.75, 3.05) is 0 Å². The molecule has 0 unspecified atom stereocenters. The summed E-state index contributed by atoms with van der Waals surface area (Å²) >= 11 is -0.800. The van der Waals surface area contributed by atoms with Crippen molar-refractivity contribution in [3.05, 3.63) is 91.1 Å². The second-order valence-electron chi connectivity index (χ2n) is 7.88. The van der Waals surface area contributed by atoms with Crippen LogP contribution in [0, 0.1) is 41.5 Å². The van der Waals surface area contributed by atoms with Crippen molar-refractivity contribution in [1.82, 2.24) is 0 Å². The van der Waals surface area contributed by atoms with Crippen molar-refractivity contribution in [1.29, 1.82) is 0 Å². The minimum Gasteiger partial charge on any atom is -0.301 e. The summed E-state index contributed by atoms with van der Waals surface area (Å²) in [6, 6.07) is 7.64. The van der Waals surface area contributed by atoms with Crippen molar-refractivity contribution >= 4 is 42.2 Å². The third-order valence-corrected chi connectivity index (χ3v) is 12.1. The summed E-state index contributed by atoms with van der Waals surface area (Å²) in [6.07, 6.45) is 5.39. The summed E-state index contributed by atoms with van der Waals surface area (Å²) in [5.74, 6) is 0. The molecule has 3 rings (SSSR count). The molecule has 0 N–H and O–H groups in total. The van der Waals surface area contributed by atoms with Gasteiger partial charge in [-0.15, -0.1) is 0 Å². The molecule has 156 valence electrons. The average Bonchev–Trinajstić information content (AvgIpc) is 2.66. The number of benzene rings is 2. The third-order valence-electron chi connectivity index (χ3n) is 5.25. The largest absolute Gasteiger partial charge is 0.301 e. The van der Waals surface area contributed by atoms with E-state index in [0.717, 1.165) is 33.4 Å². The molecular formula is C25H26IO3P. The number of rotatable bonds is 5. The highest BCUT2D eigenvalue weighted by Crippen LogP contribution is 2.57. The van der Waals surface area contributed by atoms with Crippen molar-refractivity contribution in [3.8, 4) is 0 Å². The summed E-state index contributed by atoms with van der Waals surface area (Å²) in [5, 5.41) is 0. The predicted molar refractivity (Wildman–Crippen MR) is 135 cm³/mol. The van der Waals surface area contributed by atoms with Gasteiger partial charge < -0.3 is 4.57 Å². The van der Waals surface area contributed by atoms with E-state index in [1.165, 1.54) is 0 Å². The van der Waals surface area contributed by atoms with E-state index in [1.807, 2.05) is 76.0 Å². The van der Waals surface area contributed by atoms with E-state index >= 15 is 0 Å². The van der Waals surface area contributed by atoms with Crippen LogP contribution >= 0.6 is 27.9 Å². The first-order valence-corrected chi connectivity index (χ1v) is 13.8. The number of hydrogen-bond donors (Lipinski definition) is 0. The van der Waals surface area contributed by atoms with Gasteiger partial charge in [0, 0.05) is 11.1 Å². The average molecular weight is 532 g/mol. The second-order valence-corrected chi connectivity index (χ2v) is 13.7. The summed E-state index contributed by atoms with van der Waals surface area (Å²) in [5.41, 5.74) is 4.89.